The molecule has 4 aromatic rings. The van der Waals surface area contributed by atoms with Gasteiger partial charge in [0.25, 0.3) is 5.91 Å². The van der Waals surface area contributed by atoms with Gasteiger partial charge in [-0.25, -0.2) is 14.4 Å². The van der Waals surface area contributed by atoms with Crippen LogP contribution in [0.4, 0.5) is 4.39 Å². The highest BCUT2D eigenvalue weighted by Crippen LogP contribution is 2.35. The van der Waals surface area contributed by atoms with Gasteiger partial charge in [0.05, 0.1) is 13.1 Å². The molecule has 0 unspecified atom stereocenters. The third-order valence-corrected chi connectivity index (χ3v) is 7.79. The van der Waals surface area contributed by atoms with E-state index in [4.69, 9.17) is 15.1 Å². The average Bonchev–Trinajstić information content (AvgIpc) is 3.59. The number of nitrogens with zero attached hydrogens (tertiary/aromatic N) is 6. The number of amides is 1. The maximum Gasteiger partial charge on any atom is 0.260 e. The number of fused-ring (bicyclic) bond motifs is 1. The van der Waals surface area contributed by atoms with Crippen LogP contribution < -0.4 is 5.73 Å². The third-order valence-electron chi connectivity index (χ3n) is 7.79. The Kier molecular flexibility index (Phi) is 6.67. The maximum absolute atomic E-state index is 15.9. The fraction of sp³-hybridized carbons (Fsp3) is 0.429. The van der Waals surface area contributed by atoms with E-state index in [1.807, 2.05) is 42.5 Å². The summed E-state index contributed by atoms with van der Waals surface area (Å²) in [5.41, 5.74) is 6.21. The molecular weight excluding hydrogens is 485 g/mol. The molecule has 0 aliphatic carbocycles. The Labute approximate surface area is 220 Å². The Morgan fingerprint density at radius 2 is 1.76 bits per heavy atom. The number of carbonyl (C=O) groups excluding carboxylic acids is 1. The first-order chi connectivity index (χ1) is 18.5. The standard InChI is InChI=1S/C28H32FN7O2/c29-28(10-16-34(17-11-28)19-22-7-6-21(18-30)38-22)27(37)35-14-8-20(9-15-35)36-25-24(5-3-13-32-25)33-26(36)23-4-1-2-12-31-23/h1-7,12-13,20H,8-11,14-19,30H2. The molecule has 38 heavy (non-hydrogen) atoms. The fourth-order valence-electron chi connectivity index (χ4n) is 5.68. The molecule has 6 rings (SSSR count). The van der Waals surface area contributed by atoms with Gasteiger partial charge in [0, 0.05) is 57.5 Å². The van der Waals surface area contributed by atoms with Crippen LogP contribution in [0.1, 0.15) is 43.2 Å². The molecule has 6 heterocycles. The zero-order valence-electron chi connectivity index (χ0n) is 21.3. The molecule has 0 atom stereocenters. The van der Waals surface area contributed by atoms with Crippen LogP contribution in [0.3, 0.4) is 0 Å². The second kappa shape index (κ2) is 10.3. The van der Waals surface area contributed by atoms with E-state index >= 15 is 4.39 Å². The lowest BCUT2D eigenvalue weighted by Crippen LogP contribution is -2.53. The van der Waals surface area contributed by atoms with Gasteiger partial charge >= 0.3 is 0 Å². The highest BCUT2D eigenvalue weighted by molar-refractivity contribution is 5.85. The lowest BCUT2D eigenvalue weighted by molar-refractivity contribution is -0.149. The van der Waals surface area contributed by atoms with Crippen LogP contribution >= 0.6 is 0 Å². The van der Waals surface area contributed by atoms with Crippen LogP contribution in [-0.4, -0.2) is 67.1 Å². The first-order valence-electron chi connectivity index (χ1n) is 13.3. The lowest BCUT2D eigenvalue weighted by atomic mass is 9.90. The van der Waals surface area contributed by atoms with Gasteiger partial charge in [0.2, 0.25) is 0 Å². The number of furan rings is 1. The molecule has 2 saturated heterocycles. The summed E-state index contributed by atoms with van der Waals surface area (Å²) in [4.78, 5) is 31.1. The number of halogens is 1. The Hall–Kier alpha value is -3.63. The van der Waals surface area contributed by atoms with Crippen molar-refractivity contribution in [1.82, 2.24) is 29.3 Å². The highest BCUT2D eigenvalue weighted by Gasteiger charge is 2.45. The summed E-state index contributed by atoms with van der Waals surface area (Å²) in [6.45, 7) is 2.98. The lowest BCUT2D eigenvalue weighted by Gasteiger charge is -2.40. The molecule has 0 bridgehead atoms. The number of aromatic nitrogens is 4. The number of rotatable bonds is 6. The monoisotopic (exact) mass is 517 g/mol. The molecule has 4 aromatic heterocycles. The molecule has 0 radical (unpaired) electrons. The molecule has 2 fully saturated rings. The molecule has 198 valence electrons. The Bertz CT molecular complexity index is 1400. The number of imidazole rings is 1. The largest absolute Gasteiger partial charge is 0.463 e. The molecular formula is C28H32FN7O2. The molecule has 0 saturated carbocycles. The summed E-state index contributed by atoms with van der Waals surface area (Å²) in [5.74, 6) is 1.95. The van der Waals surface area contributed by atoms with Crippen molar-refractivity contribution in [3.05, 3.63) is 66.4 Å². The molecule has 9 nitrogen and oxygen atoms in total. The van der Waals surface area contributed by atoms with Gasteiger partial charge in [0.15, 0.2) is 17.1 Å². The first kappa shape index (κ1) is 24.7. The number of alkyl halides is 1. The number of hydrogen-bond donors (Lipinski definition) is 1. The summed E-state index contributed by atoms with van der Waals surface area (Å²) in [6.07, 6.45) is 5.32. The van der Waals surface area contributed by atoms with Crippen LogP contribution in [0, 0.1) is 0 Å². The molecule has 1 amide bonds. The quantitative estimate of drug-likeness (QED) is 0.416. The number of nitrogens with two attached hydrogens (primary N) is 1. The Balaban J connectivity index is 1.11. The van der Waals surface area contributed by atoms with Crippen molar-refractivity contribution in [2.45, 2.75) is 50.5 Å². The van der Waals surface area contributed by atoms with Crippen molar-refractivity contribution in [2.24, 2.45) is 5.73 Å². The van der Waals surface area contributed by atoms with Crippen molar-refractivity contribution in [3.63, 3.8) is 0 Å². The van der Waals surface area contributed by atoms with Crippen molar-refractivity contribution in [3.8, 4) is 11.5 Å². The second-order valence-corrected chi connectivity index (χ2v) is 10.2. The third kappa shape index (κ3) is 4.69. The predicted octanol–water partition coefficient (Wildman–Crippen LogP) is 3.71. The first-order valence-corrected chi connectivity index (χ1v) is 13.3. The van der Waals surface area contributed by atoms with E-state index in [1.165, 1.54) is 0 Å². The van der Waals surface area contributed by atoms with E-state index in [0.717, 1.165) is 34.2 Å². The summed E-state index contributed by atoms with van der Waals surface area (Å²) in [7, 11) is 0. The zero-order chi connectivity index (χ0) is 26.1. The van der Waals surface area contributed by atoms with Crippen LogP contribution in [0.15, 0.2) is 59.3 Å². The van der Waals surface area contributed by atoms with E-state index in [-0.39, 0.29) is 24.8 Å². The van der Waals surface area contributed by atoms with Crippen molar-refractivity contribution in [2.75, 3.05) is 26.2 Å². The van der Waals surface area contributed by atoms with Gasteiger partial charge in [-0.15, -0.1) is 0 Å². The summed E-state index contributed by atoms with van der Waals surface area (Å²) in [5, 5.41) is 0. The van der Waals surface area contributed by atoms with E-state index in [0.29, 0.717) is 52.1 Å². The molecule has 2 N–H and O–H groups in total. The number of piperidine rings is 2. The number of carbonyl (C=O) groups is 1. The normalized spacial score (nSPS) is 18.7. The summed E-state index contributed by atoms with van der Waals surface area (Å²) >= 11 is 0. The average molecular weight is 518 g/mol. The molecule has 2 aliphatic rings. The minimum absolute atomic E-state index is 0.0973. The van der Waals surface area contributed by atoms with Crippen molar-refractivity contribution in [1.29, 1.82) is 0 Å². The minimum Gasteiger partial charge on any atom is -0.463 e. The minimum atomic E-state index is -1.82. The Morgan fingerprint density at radius 3 is 2.47 bits per heavy atom. The Morgan fingerprint density at radius 1 is 1.00 bits per heavy atom. The molecule has 0 spiro atoms. The van der Waals surface area contributed by atoms with E-state index in [9.17, 15) is 4.79 Å². The molecule has 2 aliphatic heterocycles. The molecule has 10 heteroatoms. The summed E-state index contributed by atoms with van der Waals surface area (Å²) < 4.78 is 23.7. The van der Waals surface area contributed by atoms with Gasteiger partial charge in [0.1, 0.15) is 22.7 Å². The summed E-state index contributed by atoms with van der Waals surface area (Å²) in [6, 6.07) is 13.5. The van der Waals surface area contributed by atoms with Crippen LogP contribution in [0.5, 0.6) is 0 Å². The van der Waals surface area contributed by atoms with E-state index in [1.54, 1.807) is 17.3 Å². The van der Waals surface area contributed by atoms with E-state index < -0.39 is 5.67 Å². The van der Waals surface area contributed by atoms with Crippen molar-refractivity contribution < 1.29 is 13.6 Å². The SMILES string of the molecule is NCc1ccc(CN2CCC(F)(C(=O)N3CCC(n4c(-c5ccccn5)nc5cccnc54)CC3)CC2)o1. The van der Waals surface area contributed by atoms with E-state index in [2.05, 4.69) is 19.4 Å². The van der Waals surface area contributed by atoms with Crippen molar-refractivity contribution >= 4 is 17.1 Å². The van der Waals surface area contributed by atoms with Gasteiger partial charge in [-0.1, -0.05) is 6.07 Å². The van der Waals surface area contributed by atoms with Gasteiger partial charge in [-0.2, -0.15) is 0 Å². The predicted molar refractivity (Wildman–Crippen MR) is 141 cm³/mol. The zero-order valence-corrected chi connectivity index (χ0v) is 21.3. The van der Waals surface area contributed by atoms with Crippen LogP contribution in [0.2, 0.25) is 0 Å². The number of hydrogen-bond acceptors (Lipinski definition) is 7. The smallest absolute Gasteiger partial charge is 0.260 e. The van der Waals surface area contributed by atoms with Crippen LogP contribution in [0.25, 0.3) is 22.7 Å². The topological polar surface area (TPSA) is 106 Å². The molecule has 0 aromatic carbocycles. The van der Waals surface area contributed by atoms with Gasteiger partial charge in [-0.3, -0.25) is 14.7 Å². The maximum atomic E-state index is 15.9. The highest BCUT2D eigenvalue weighted by atomic mass is 19.1. The van der Waals surface area contributed by atoms with Gasteiger partial charge in [-0.05, 0) is 49.2 Å². The van der Waals surface area contributed by atoms with Crippen LogP contribution in [-0.2, 0) is 17.9 Å². The number of likely N-dealkylation sites (tertiary alicyclic amines) is 2. The fourth-order valence-corrected chi connectivity index (χ4v) is 5.68. The second-order valence-electron chi connectivity index (χ2n) is 10.2. The van der Waals surface area contributed by atoms with Gasteiger partial charge < -0.3 is 19.6 Å². The number of pyridine rings is 2.